The highest BCUT2D eigenvalue weighted by atomic mass is 19.1. The summed E-state index contributed by atoms with van der Waals surface area (Å²) in [4.78, 5) is 15.8. The zero-order valence-electron chi connectivity index (χ0n) is 10.7. The molecule has 98 valence electrons. The van der Waals surface area contributed by atoms with Crippen LogP contribution >= 0.6 is 0 Å². The van der Waals surface area contributed by atoms with Gasteiger partial charge in [-0.2, -0.15) is 0 Å². The number of benzene rings is 1. The van der Waals surface area contributed by atoms with Gasteiger partial charge in [0.05, 0.1) is 0 Å². The number of nitrogens with zero attached hydrogens (tertiary/aromatic N) is 1. The van der Waals surface area contributed by atoms with Gasteiger partial charge in [-0.3, -0.25) is 9.78 Å². The van der Waals surface area contributed by atoms with E-state index in [1.165, 1.54) is 12.1 Å². The summed E-state index contributed by atoms with van der Waals surface area (Å²) in [5.74, 6) is -0.481. The van der Waals surface area contributed by atoms with E-state index in [2.05, 4.69) is 10.3 Å². The van der Waals surface area contributed by atoms with Crippen molar-refractivity contribution in [1.82, 2.24) is 10.3 Å². The highest BCUT2D eigenvalue weighted by molar-refractivity contribution is 5.94. The molecule has 0 aliphatic rings. The van der Waals surface area contributed by atoms with Crippen LogP contribution in [0.25, 0.3) is 0 Å². The second kappa shape index (κ2) is 6.09. The number of halogens is 1. The van der Waals surface area contributed by atoms with Gasteiger partial charge in [-0.05, 0) is 54.8 Å². The Bertz CT molecular complexity index is 570. The van der Waals surface area contributed by atoms with Crippen LogP contribution in [-0.2, 0) is 6.42 Å². The molecule has 0 atom stereocenters. The molecule has 1 amide bonds. The Hall–Kier alpha value is -2.23. The van der Waals surface area contributed by atoms with E-state index in [1.807, 2.05) is 12.1 Å². The van der Waals surface area contributed by atoms with Crippen molar-refractivity contribution >= 4 is 5.91 Å². The molecule has 2 rings (SSSR count). The Kier molecular flexibility index (Phi) is 4.23. The van der Waals surface area contributed by atoms with Crippen LogP contribution in [0.3, 0.4) is 0 Å². The Morgan fingerprint density at radius 1 is 1.26 bits per heavy atom. The van der Waals surface area contributed by atoms with Crippen molar-refractivity contribution in [2.45, 2.75) is 13.3 Å². The average Bonchev–Trinajstić information content (AvgIpc) is 2.43. The maximum Gasteiger partial charge on any atom is 0.251 e. The zero-order valence-corrected chi connectivity index (χ0v) is 10.7. The van der Waals surface area contributed by atoms with Gasteiger partial charge < -0.3 is 5.32 Å². The molecule has 0 radical (unpaired) electrons. The molecule has 1 N–H and O–H groups in total. The molecule has 0 unspecified atom stereocenters. The number of carbonyl (C=O) groups excluding carboxylic acids is 1. The van der Waals surface area contributed by atoms with Crippen molar-refractivity contribution in [1.29, 1.82) is 0 Å². The summed E-state index contributed by atoms with van der Waals surface area (Å²) in [6.45, 7) is 2.18. The molecule has 3 nitrogen and oxygen atoms in total. The van der Waals surface area contributed by atoms with E-state index in [0.29, 0.717) is 17.7 Å². The minimum Gasteiger partial charge on any atom is -0.352 e. The largest absolute Gasteiger partial charge is 0.352 e. The Labute approximate surface area is 111 Å². The molecule has 0 saturated carbocycles. The van der Waals surface area contributed by atoms with Crippen LogP contribution in [0.4, 0.5) is 4.39 Å². The molecule has 0 aliphatic carbocycles. The topological polar surface area (TPSA) is 42.0 Å². The fraction of sp³-hybridized carbons (Fsp3) is 0.200. The van der Waals surface area contributed by atoms with E-state index in [1.54, 1.807) is 25.4 Å². The van der Waals surface area contributed by atoms with Crippen molar-refractivity contribution < 1.29 is 9.18 Å². The van der Waals surface area contributed by atoms with Crippen molar-refractivity contribution in [2.24, 2.45) is 0 Å². The van der Waals surface area contributed by atoms with Crippen molar-refractivity contribution in [3.8, 4) is 0 Å². The minimum absolute atomic E-state index is 0.183. The predicted molar refractivity (Wildman–Crippen MR) is 71.4 cm³/mol. The van der Waals surface area contributed by atoms with E-state index in [0.717, 1.165) is 12.0 Å². The quantitative estimate of drug-likeness (QED) is 0.915. The van der Waals surface area contributed by atoms with Gasteiger partial charge in [-0.15, -0.1) is 0 Å². The van der Waals surface area contributed by atoms with Gasteiger partial charge in [0.25, 0.3) is 5.91 Å². The van der Waals surface area contributed by atoms with Crippen molar-refractivity contribution in [3.63, 3.8) is 0 Å². The zero-order chi connectivity index (χ0) is 13.7. The number of hydrogen-bond donors (Lipinski definition) is 1. The fourth-order valence-corrected chi connectivity index (χ4v) is 1.76. The lowest BCUT2D eigenvalue weighted by atomic mass is 10.1. The normalized spacial score (nSPS) is 10.2. The molecule has 19 heavy (non-hydrogen) atoms. The van der Waals surface area contributed by atoms with E-state index in [4.69, 9.17) is 0 Å². The number of amides is 1. The second-order valence-electron chi connectivity index (χ2n) is 4.33. The van der Waals surface area contributed by atoms with Crippen LogP contribution in [0, 0.1) is 12.7 Å². The Morgan fingerprint density at radius 3 is 2.68 bits per heavy atom. The first-order valence-electron chi connectivity index (χ1n) is 6.10. The van der Waals surface area contributed by atoms with Gasteiger partial charge in [0.1, 0.15) is 5.82 Å². The molecule has 1 aromatic carbocycles. The lowest BCUT2D eigenvalue weighted by Gasteiger charge is -2.06. The number of nitrogens with one attached hydrogen (secondary N) is 1. The summed E-state index contributed by atoms with van der Waals surface area (Å²) < 4.78 is 13.1. The summed E-state index contributed by atoms with van der Waals surface area (Å²) in [5.41, 5.74) is 2.07. The molecule has 1 aromatic heterocycles. The lowest BCUT2D eigenvalue weighted by molar-refractivity contribution is 0.0954. The maximum atomic E-state index is 13.1. The second-order valence-corrected chi connectivity index (χ2v) is 4.33. The molecule has 0 saturated heterocycles. The van der Waals surface area contributed by atoms with Gasteiger partial charge in [-0.1, -0.05) is 0 Å². The minimum atomic E-state index is -0.298. The molecular weight excluding hydrogens is 243 g/mol. The van der Waals surface area contributed by atoms with Crippen LogP contribution in [-0.4, -0.2) is 17.4 Å². The van der Waals surface area contributed by atoms with Crippen molar-refractivity contribution in [3.05, 3.63) is 65.2 Å². The van der Waals surface area contributed by atoms with Crippen LogP contribution in [0.15, 0.2) is 42.7 Å². The summed E-state index contributed by atoms with van der Waals surface area (Å²) >= 11 is 0. The third kappa shape index (κ3) is 3.61. The maximum absolute atomic E-state index is 13.1. The molecule has 0 aliphatic heterocycles. The molecule has 2 aromatic rings. The number of hydrogen-bond acceptors (Lipinski definition) is 2. The lowest BCUT2D eigenvalue weighted by Crippen LogP contribution is -2.25. The van der Waals surface area contributed by atoms with Gasteiger partial charge in [0, 0.05) is 24.5 Å². The number of rotatable bonds is 4. The van der Waals surface area contributed by atoms with Gasteiger partial charge in [0.15, 0.2) is 0 Å². The first kappa shape index (κ1) is 13.2. The number of aromatic nitrogens is 1. The smallest absolute Gasteiger partial charge is 0.251 e. The van der Waals surface area contributed by atoms with E-state index in [9.17, 15) is 9.18 Å². The number of pyridine rings is 1. The third-order valence-electron chi connectivity index (χ3n) is 2.87. The number of aryl methyl sites for hydroxylation is 1. The average molecular weight is 258 g/mol. The summed E-state index contributed by atoms with van der Waals surface area (Å²) in [7, 11) is 0. The first-order valence-corrected chi connectivity index (χ1v) is 6.10. The van der Waals surface area contributed by atoms with Gasteiger partial charge in [-0.25, -0.2) is 4.39 Å². The number of carbonyl (C=O) groups is 1. The summed E-state index contributed by atoms with van der Waals surface area (Å²) in [6.07, 6.45) is 4.19. The van der Waals surface area contributed by atoms with E-state index >= 15 is 0 Å². The van der Waals surface area contributed by atoms with Crippen LogP contribution in [0.5, 0.6) is 0 Å². The van der Waals surface area contributed by atoms with Gasteiger partial charge >= 0.3 is 0 Å². The van der Waals surface area contributed by atoms with Gasteiger partial charge in [0.2, 0.25) is 0 Å². The van der Waals surface area contributed by atoms with Crippen LogP contribution in [0.2, 0.25) is 0 Å². The monoisotopic (exact) mass is 258 g/mol. The SMILES string of the molecule is Cc1cc(C(=O)NCCc2ccncc2)ccc1F. The molecule has 1 heterocycles. The summed E-state index contributed by atoms with van der Waals surface area (Å²) in [5, 5.41) is 2.81. The standard InChI is InChI=1S/C15H15FN2O/c1-11-10-13(2-3-14(11)16)15(19)18-9-6-12-4-7-17-8-5-12/h2-5,7-8,10H,6,9H2,1H3,(H,18,19). The first-order chi connectivity index (χ1) is 9.16. The third-order valence-corrected chi connectivity index (χ3v) is 2.87. The van der Waals surface area contributed by atoms with E-state index in [-0.39, 0.29) is 11.7 Å². The molecular formula is C15H15FN2O. The molecule has 0 fully saturated rings. The molecule has 0 spiro atoms. The van der Waals surface area contributed by atoms with E-state index < -0.39 is 0 Å². The fourth-order valence-electron chi connectivity index (χ4n) is 1.76. The van der Waals surface area contributed by atoms with Crippen molar-refractivity contribution in [2.75, 3.05) is 6.54 Å². The highest BCUT2D eigenvalue weighted by Crippen LogP contribution is 2.09. The highest BCUT2D eigenvalue weighted by Gasteiger charge is 2.07. The molecule has 4 heteroatoms. The Balaban J connectivity index is 1.89. The Morgan fingerprint density at radius 2 is 2.00 bits per heavy atom. The predicted octanol–water partition coefficient (Wildman–Crippen LogP) is 2.50. The van der Waals surface area contributed by atoms with Crippen LogP contribution in [0.1, 0.15) is 21.5 Å². The summed E-state index contributed by atoms with van der Waals surface area (Å²) in [6, 6.07) is 8.18. The van der Waals surface area contributed by atoms with Crippen LogP contribution < -0.4 is 5.32 Å². The molecule has 0 bridgehead atoms.